The molecular weight excluding hydrogens is 176 g/mol. The lowest BCUT2D eigenvalue weighted by Crippen LogP contribution is -1.93. The lowest BCUT2D eigenvalue weighted by molar-refractivity contribution is 0.562. The van der Waals surface area contributed by atoms with Crippen molar-refractivity contribution in [2.24, 2.45) is 0 Å². The van der Waals surface area contributed by atoms with Crippen LogP contribution >= 0.6 is 0 Å². The summed E-state index contributed by atoms with van der Waals surface area (Å²) in [6.07, 6.45) is 1.68. The van der Waals surface area contributed by atoms with Crippen molar-refractivity contribution in [1.29, 1.82) is 0 Å². The van der Waals surface area contributed by atoms with Crippen molar-refractivity contribution in [2.45, 2.75) is 5.75 Å². The Morgan fingerprint density at radius 1 is 1.25 bits per heavy atom. The molecule has 1 aromatic carbocycles. The van der Waals surface area contributed by atoms with E-state index >= 15 is 0 Å². The molecule has 0 fully saturated rings. The zero-order chi connectivity index (χ0) is 8.97. The van der Waals surface area contributed by atoms with Crippen molar-refractivity contribution < 1.29 is 13.2 Å². The molecule has 0 aromatic heterocycles. The molecule has 0 unspecified atom stereocenters. The van der Waals surface area contributed by atoms with E-state index in [1.807, 2.05) is 0 Å². The van der Waals surface area contributed by atoms with Gasteiger partial charge in [-0.3, -0.25) is 4.79 Å². The van der Waals surface area contributed by atoms with Gasteiger partial charge in [-0.1, -0.05) is 24.3 Å². The number of hydrogen-bond acceptors (Lipinski definition) is 3. The minimum Gasteiger partial charge on any atom is -0.285 e. The highest BCUT2D eigenvalue weighted by Crippen LogP contribution is 2.06. The summed E-state index contributed by atoms with van der Waals surface area (Å²) in [6, 6.07) is 6.50. The number of benzene rings is 1. The lowest BCUT2D eigenvalue weighted by atomic mass is 10.1. The first kappa shape index (κ1) is 8.93. The molecule has 0 saturated carbocycles. The number of rotatable bonds is 3. The molecule has 0 aliphatic rings. The van der Waals surface area contributed by atoms with Crippen LogP contribution in [0.4, 0.5) is 0 Å². The van der Waals surface area contributed by atoms with E-state index in [9.17, 15) is 13.2 Å². The Bertz CT molecular complexity index is 347. The molecule has 12 heavy (non-hydrogen) atoms. The highest BCUT2D eigenvalue weighted by atomic mass is 32.2. The molecule has 0 aliphatic heterocycles. The maximum absolute atomic E-state index is 10.3. The Morgan fingerprint density at radius 2 is 1.92 bits per heavy atom. The second-order valence-electron chi connectivity index (χ2n) is 2.25. The first-order valence-corrected chi connectivity index (χ1v) is 4.68. The van der Waals surface area contributed by atoms with Gasteiger partial charge in [0.2, 0.25) is 6.29 Å². The summed E-state index contributed by atoms with van der Waals surface area (Å²) >= 11 is 0. The van der Waals surface area contributed by atoms with Gasteiger partial charge in [0.05, 0.1) is 5.75 Å². The van der Waals surface area contributed by atoms with E-state index in [0.717, 1.165) is 0 Å². The molecular formula is C8H7O3S. The fourth-order valence-electron chi connectivity index (χ4n) is 0.897. The van der Waals surface area contributed by atoms with Gasteiger partial charge >= 0.3 is 0 Å². The van der Waals surface area contributed by atoms with Gasteiger partial charge in [0.15, 0.2) is 0 Å². The highest BCUT2D eigenvalue weighted by molar-refractivity contribution is 7.71. The monoisotopic (exact) mass is 183 g/mol. The van der Waals surface area contributed by atoms with Gasteiger partial charge < -0.3 is 0 Å². The fraction of sp³-hybridized carbons (Fsp3) is 0.125. The fourth-order valence-corrected chi connectivity index (χ4v) is 1.45. The van der Waals surface area contributed by atoms with Crippen LogP contribution in [0.15, 0.2) is 24.3 Å². The van der Waals surface area contributed by atoms with Crippen molar-refractivity contribution in [3.63, 3.8) is 0 Å². The molecule has 0 amide bonds. The number of carbonyl (C=O) groups excluding carboxylic acids is 1. The van der Waals surface area contributed by atoms with E-state index < -0.39 is 10.7 Å². The summed E-state index contributed by atoms with van der Waals surface area (Å²) in [5.41, 5.74) is 0.820. The molecule has 1 aromatic rings. The van der Waals surface area contributed by atoms with Crippen LogP contribution in [0.25, 0.3) is 0 Å². The quantitative estimate of drug-likeness (QED) is 0.684. The van der Waals surface area contributed by atoms with E-state index in [2.05, 4.69) is 0 Å². The molecule has 0 atom stereocenters. The number of thiol groups is 1. The Morgan fingerprint density at radius 3 is 2.50 bits per heavy atom. The minimum atomic E-state index is -2.48. The second kappa shape index (κ2) is 4.01. The topological polar surface area (TPSA) is 51.2 Å². The van der Waals surface area contributed by atoms with Gasteiger partial charge in [-0.2, -0.15) is 0 Å². The first-order chi connectivity index (χ1) is 5.74. The average Bonchev–Trinajstić information content (AvgIpc) is 2.04. The third kappa shape index (κ3) is 2.17. The summed E-state index contributed by atoms with van der Waals surface area (Å²) < 4.78 is 20.7. The molecule has 0 heterocycles. The molecule has 1 radical (unpaired) electrons. The highest BCUT2D eigenvalue weighted by Gasteiger charge is 2.00. The summed E-state index contributed by atoms with van der Waals surface area (Å²) in [7, 11) is -2.48. The van der Waals surface area contributed by atoms with Crippen LogP contribution in [0.2, 0.25) is 0 Å². The molecule has 0 N–H and O–H groups in total. The van der Waals surface area contributed by atoms with Crippen LogP contribution in [-0.4, -0.2) is 14.7 Å². The summed E-state index contributed by atoms with van der Waals surface area (Å²) in [6.45, 7) is 0. The molecule has 4 heteroatoms. The smallest absolute Gasteiger partial charge is 0.233 e. The SMILES string of the molecule is O=[C]c1ccccc1C[SH](=O)=O. The zero-order valence-corrected chi connectivity index (χ0v) is 7.08. The Labute approximate surface area is 72.0 Å². The second-order valence-corrected chi connectivity index (χ2v) is 3.23. The van der Waals surface area contributed by atoms with E-state index in [1.165, 1.54) is 0 Å². The van der Waals surface area contributed by atoms with Gasteiger partial charge in [0.25, 0.3) is 0 Å². The summed E-state index contributed by atoms with van der Waals surface area (Å²) in [4.78, 5) is 10.3. The molecule has 0 bridgehead atoms. The van der Waals surface area contributed by atoms with Crippen LogP contribution in [0.1, 0.15) is 11.1 Å². The Kier molecular flexibility index (Phi) is 2.99. The first-order valence-electron chi connectivity index (χ1n) is 3.32. The lowest BCUT2D eigenvalue weighted by Gasteiger charge is -1.96. The van der Waals surface area contributed by atoms with Crippen molar-refractivity contribution in [1.82, 2.24) is 0 Å². The third-order valence-electron chi connectivity index (χ3n) is 1.43. The maximum Gasteiger partial charge on any atom is 0.233 e. The standard InChI is InChI=1S/C8H7O3S/c9-5-7-3-1-2-4-8(7)6-12(10)11/h1-4,12H,6H2. The molecule has 1 rings (SSSR count). The van der Waals surface area contributed by atoms with E-state index in [-0.39, 0.29) is 5.75 Å². The van der Waals surface area contributed by atoms with E-state index in [4.69, 9.17) is 0 Å². The summed E-state index contributed by atoms with van der Waals surface area (Å²) in [5, 5.41) is 0. The van der Waals surface area contributed by atoms with Crippen LogP contribution in [0, 0.1) is 0 Å². The van der Waals surface area contributed by atoms with Crippen LogP contribution < -0.4 is 0 Å². The predicted octanol–water partition coefficient (Wildman–Crippen LogP) is 0.256. The van der Waals surface area contributed by atoms with Gasteiger partial charge in [0.1, 0.15) is 10.7 Å². The molecule has 0 saturated heterocycles. The van der Waals surface area contributed by atoms with Crippen molar-refractivity contribution >= 4 is 17.0 Å². The third-order valence-corrected chi connectivity index (χ3v) is 2.03. The van der Waals surface area contributed by atoms with Crippen LogP contribution in [-0.2, 0) is 21.3 Å². The molecule has 0 spiro atoms. The normalized spacial score (nSPS) is 10.1. The zero-order valence-electron chi connectivity index (χ0n) is 6.19. The van der Waals surface area contributed by atoms with Gasteiger partial charge in [-0.25, -0.2) is 8.42 Å². The minimum absolute atomic E-state index is 0.0965. The van der Waals surface area contributed by atoms with Gasteiger partial charge in [-0.05, 0) is 5.56 Å². The summed E-state index contributed by atoms with van der Waals surface area (Å²) in [5.74, 6) is -0.0965. The van der Waals surface area contributed by atoms with Gasteiger partial charge in [-0.15, -0.1) is 0 Å². The molecule has 0 aliphatic carbocycles. The Hall–Kier alpha value is -1.16. The largest absolute Gasteiger partial charge is 0.285 e. The van der Waals surface area contributed by atoms with Gasteiger partial charge in [0, 0.05) is 5.56 Å². The molecule has 3 nitrogen and oxygen atoms in total. The van der Waals surface area contributed by atoms with Crippen molar-refractivity contribution in [3.8, 4) is 0 Å². The maximum atomic E-state index is 10.3. The van der Waals surface area contributed by atoms with Crippen LogP contribution in [0.3, 0.4) is 0 Å². The van der Waals surface area contributed by atoms with E-state index in [0.29, 0.717) is 11.1 Å². The number of hydrogen-bond donors (Lipinski definition) is 1. The average molecular weight is 183 g/mol. The van der Waals surface area contributed by atoms with Crippen LogP contribution in [0.5, 0.6) is 0 Å². The predicted molar refractivity (Wildman–Crippen MR) is 45.3 cm³/mol. The van der Waals surface area contributed by atoms with Crippen molar-refractivity contribution in [2.75, 3.05) is 0 Å². The van der Waals surface area contributed by atoms with E-state index in [1.54, 1.807) is 30.6 Å². The molecule has 63 valence electrons. The Balaban J connectivity index is 3.04. The van der Waals surface area contributed by atoms with Crippen molar-refractivity contribution in [3.05, 3.63) is 35.4 Å².